The molecule has 5 rings (SSSR count). The molecule has 2 aliphatic heterocycles. The smallest absolute Gasteiger partial charge is 0.299 e. The number of alkyl halides is 1. The maximum absolute atomic E-state index is 13.5. The average molecular weight is 514 g/mol. The summed E-state index contributed by atoms with van der Waals surface area (Å²) in [5.41, 5.74) is 0.704. The molecular weight excluding hydrogens is 489 g/mol. The van der Waals surface area contributed by atoms with Gasteiger partial charge in [-0.15, -0.1) is 5.10 Å². The molecule has 1 fully saturated rings. The van der Waals surface area contributed by atoms with E-state index in [1.807, 2.05) is 30.3 Å². The average Bonchev–Trinajstić information content (AvgIpc) is 3.60. The van der Waals surface area contributed by atoms with E-state index in [2.05, 4.69) is 10.3 Å². The summed E-state index contributed by atoms with van der Waals surface area (Å²) in [5.74, 6) is -0.910. The van der Waals surface area contributed by atoms with Crippen molar-refractivity contribution in [1.29, 1.82) is 0 Å². The van der Waals surface area contributed by atoms with Crippen LogP contribution >= 0.6 is 0 Å². The van der Waals surface area contributed by atoms with Gasteiger partial charge in [0.05, 0.1) is 41.5 Å². The zero-order valence-corrected chi connectivity index (χ0v) is 20.1. The number of anilines is 1. The number of rotatable bonds is 9. The molecule has 1 aromatic heterocycles. The van der Waals surface area contributed by atoms with E-state index < -0.39 is 28.4 Å². The predicted molar refractivity (Wildman–Crippen MR) is 127 cm³/mol. The van der Waals surface area contributed by atoms with Gasteiger partial charge in [-0.25, -0.2) is 17.5 Å². The van der Waals surface area contributed by atoms with E-state index in [0.717, 1.165) is 0 Å². The Morgan fingerprint density at radius 1 is 1.11 bits per heavy atom. The van der Waals surface area contributed by atoms with Crippen LogP contribution in [0.2, 0.25) is 0 Å². The Morgan fingerprint density at radius 3 is 2.69 bits per heavy atom. The van der Waals surface area contributed by atoms with Crippen molar-refractivity contribution < 1.29 is 27.1 Å². The van der Waals surface area contributed by atoms with Crippen LogP contribution in [0.5, 0.6) is 5.75 Å². The molecule has 2 aliphatic rings. The second kappa shape index (κ2) is 9.78. The molecular formula is C24H24FN5O5S. The number of carbonyl (C=O) groups is 2. The number of ether oxygens (including phenoxy) is 1. The summed E-state index contributed by atoms with van der Waals surface area (Å²) in [5, 5.41) is 7.70. The zero-order valence-electron chi connectivity index (χ0n) is 19.3. The van der Waals surface area contributed by atoms with Crippen LogP contribution in [0.3, 0.4) is 0 Å². The first-order valence-corrected chi connectivity index (χ1v) is 13.0. The van der Waals surface area contributed by atoms with Crippen LogP contribution in [-0.4, -0.2) is 65.3 Å². The summed E-state index contributed by atoms with van der Waals surface area (Å²) in [6.45, 7) is -0.0644. The molecule has 2 aromatic carbocycles. The van der Waals surface area contributed by atoms with Gasteiger partial charge in [-0.05, 0) is 43.2 Å². The van der Waals surface area contributed by atoms with Gasteiger partial charge < -0.3 is 4.74 Å². The Hall–Kier alpha value is -3.64. The molecule has 36 heavy (non-hydrogen) atoms. The van der Waals surface area contributed by atoms with Crippen molar-refractivity contribution in [3.05, 3.63) is 66.0 Å². The van der Waals surface area contributed by atoms with E-state index in [1.54, 1.807) is 0 Å². The third-order valence-electron chi connectivity index (χ3n) is 6.28. The molecule has 0 unspecified atom stereocenters. The van der Waals surface area contributed by atoms with Gasteiger partial charge in [-0.3, -0.25) is 14.5 Å². The largest absolute Gasteiger partial charge is 0.492 e. The van der Waals surface area contributed by atoms with Crippen molar-refractivity contribution in [3.63, 3.8) is 0 Å². The maximum atomic E-state index is 13.5. The summed E-state index contributed by atoms with van der Waals surface area (Å²) >= 11 is 0. The van der Waals surface area contributed by atoms with E-state index in [0.29, 0.717) is 36.5 Å². The summed E-state index contributed by atoms with van der Waals surface area (Å²) in [6, 6.07) is 13.0. The van der Waals surface area contributed by atoms with E-state index in [-0.39, 0.29) is 36.2 Å². The number of benzene rings is 2. The SMILES string of the molecule is O=C1C(=O)N(Cc2cn(CCF)nn2)c2ccc(S(=O)(=O)N3CCC[C@H]3COc3ccccc3)cc21. The second-order valence-corrected chi connectivity index (χ2v) is 10.5. The van der Waals surface area contributed by atoms with Crippen molar-refractivity contribution in [2.45, 2.75) is 36.9 Å². The summed E-state index contributed by atoms with van der Waals surface area (Å²) < 4.78 is 48.0. The fourth-order valence-electron chi connectivity index (χ4n) is 4.50. The number of para-hydroxylation sites is 1. The van der Waals surface area contributed by atoms with Gasteiger partial charge in [0.1, 0.15) is 24.7 Å². The maximum Gasteiger partial charge on any atom is 0.299 e. The summed E-state index contributed by atoms with van der Waals surface area (Å²) in [7, 11) is -3.92. The third kappa shape index (κ3) is 4.49. The van der Waals surface area contributed by atoms with E-state index in [9.17, 15) is 22.4 Å². The molecule has 0 bridgehead atoms. The number of ketones is 1. The lowest BCUT2D eigenvalue weighted by molar-refractivity contribution is -0.114. The highest BCUT2D eigenvalue weighted by molar-refractivity contribution is 7.89. The number of hydrogen-bond donors (Lipinski definition) is 0. The number of aromatic nitrogens is 3. The molecule has 3 aromatic rings. The van der Waals surface area contributed by atoms with Crippen molar-refractivity contribution in [3.8, 4) is 5.75 Å². The molecule has 0 aliphatic carbocycles. The van der Waals surface area contributed by atoms with Crippen molar-refractivity contribution in [1.82, 2.24) is 19.3 Å². The highest BCUT2D eigenvalue weighted by atomic mass is 32.2. The van der Waals surface area contributed by atoms with Crippen LogP contribution < -0.4 is 9.64 Å². The van der Waals surface area contributed by atoms with E-state index in [4.69, 9.17) is 4.74 Å². The van der Waals surface area contributed by atoms with Gasteiger partial charge in [0.2, 0.25) is 10.0 Å². The molecule has 0 saturated carbocycles. The minimum absolute atomic E-state index is 0.0218. The first-order chi connectivity index (χ1) is 17.4. The Balaban J connectivity index is 1.36. The number of sulfonamides is 1. The Labute approximate surface area is 207 Å². The van der Waals surface area contributed by atoms with E-state index >= 15 is 0 Å². The Morgan fingerprint density at radius 2 is 1.92 bits per heavy atom. The molecule has 10 nitrogen and oxygen atoms in total. The number of Topliss-reactive ketones (excluding diaryl/α,β-unsaturated/α-hetero) is 1. The molecule has 0 spiro atoms. The first kappa shape index (κ1) is 24.1. The van der Waals surface area contributed by atoms with Gasteiger partial charge in [-0.2, -0.15) is 4.31 Å². The Kier molecular flexibility index (Phi) is 6.54. The zero-order chi connectivity index (χ0) is 25.3. The molecule has 1 amide bonds. The van der Waals surface area contributed by atoms with Gasteiger partial charge in [-0.1, -0.05) is 23.4 Å². The summed E-state index contributed by atoms with van der Waals surface area (Å²) in [6.07, 6.45) is 2.85. The molecule has 12 heteroatoms. The molecule has 188 valence electrons. The lowest BCUT2D eigenvalue weighted by Crippen LogP contribution is -2.39. The topological polar surface area (TPSA) is 115 Å². The quantitative estimate of drug-likeness (QED) is 0.403. The van der Waals surface area contributed by atoms with Crippen molar-refractivity contribution in [2.24, 2.45) is 0 Å². The minimum Gasteiger partial charge on any atom is -0.492 e. The number of hydrogen-bond acceptors (Lipinski definition) is 7. The van der Waals surface area contributed by atoms with Gasteiger partial charge in [0, 0.05) is 6.54 Å². The first-order valence-electron chi connectivity index (χ1n) is 11.5. The lowest BCUT2D eigenvalue weighted by Gasteiger charge is -2.24. The van der Waals surface area contributed by atoms with Gasteiger partial charge in [0.25, 0.3) is 11.7 Å². The van der Waals surface area contributed by atoms with Crippen LogP contribution in [0.1, 0.15) is 28.9 Å². The molecule has 3 heterocycles. The fourth-order valence-corrected chi connectivity index (χ4v) is 6.21. The molecule has 0 N–H and O–H groups in total. The number of fused-ring (bicyclic) bond motifs is 1. The fraction of sp³-hybridized carbons (Fsp3) is 0.333. The predicted octanol–water partition coefficient (Wildman–Crippen LogP) is 2.21. The normalized spacial score (nSPS) is 18.1. The van der Waals surface area contributed by atoms with Crippen molar-refractivity contribution >= 4 is 27.4 Å². The highest BCUT2D eigenvalue weighted by Crippen LogP contribution is 2.34. The second-order valence-electron chi connectivity index (χ2n) is 8.60. The number of aryl methyl sites for hydroxylation is 1. The van der Waals surface area contributed by atoms with Crippen LogP contribution in [0, 0.1) is 0 Å². The van der Waals surface area contributed by atoms with Crippen LogP contribution in [0.4, 0.5) is 10.1 Å². The van der Waals surface area contributed by atoms with E-state index in [1.165, 1.54) is 38.3 Å². The highest BCUT2D eigenvalue weighted by Gasteiger charge is 2.40. The third-order valence-corrected chi connectivity index (χ3v) is 8.23. The van der Waals surface area contributed by atoms with Gasteiger partial charge >= 0.3 is 0 Å². The number of amides is 1. The monoisotopic (exact) mass is 513 g/mol. The lowest BCUT2D eigenvalue weighted by atomic mass is 10.1. The number of halogens is 1. The molecule has 1 saturated heterocycles. The van der Waals surface area contributed by atoms with Crippen LogP contribution in [-0.2, 0) is 27.9 Å². The van der Waals surface area contributed by atoms with Crippen LogP contribution in [0.25, 0.3) is 0 Å². The summed E-state index contributed by atoms with van der Waals surface area (Å²) in [4.78, 5) is 26.6. The van der Waals surface area contributed by atoms with Crippen molar-refractivity contribution in [2.75, 3.05) is 24.7 Å². The number of nitrogens with zero attached hydrogens (tertiary/aromatic N) is 5. The standard InChI is InChI=1S/C24H24FN5O5S/c25-10-12-28-14-17(26-27-28)15-29-22-9-8-20(13-21(22)23(31)24(29)32)36(33,34)30-11-4-5-18(30)16-35-19-6-2-1-3-7-19/h1-3,6-9,13-14,18H,4-5,10-12,15-16H2/t18-/m0/s1. The molecule has 0 radical (unpaired) electrons. The number of carbonyl (C=O) groups excluding carboxylic acids is 2. The van der Waals surface area contributed by atoms with Crippen LogP contribution in [0.15, 0.2) is 59.6 Å². The minimum atomic E-state index is -3.92. The molecule has 1 atom stereocenters. The Bertz CT molecular complexity index is 1390. The van der Waals surface area contributed by atoms with Gasteiger partial charge in [0.15, 0.2) is 0 Å².